The first kappa shape index (κ1) is 20.8. The van der Waals surface area contributed by atoms with Crippen molar-refractivity contribution in [3.05, 3.63) is 35.9 Å². The number of nitrogens with one attached hydrogen (secondary N) is 2. The molecule has 0 radical (unpaired) electrons. The van der Waals surface area contributed by atoms with Gasteiger partial charge in [-0.05, 0) is 43.3 Å². The van der Waals surface area contributed by atoms with E-state index < -0.39 is 0 Å². The van der Waals surface area contributed by atoms with Crippen LogP contribution in [0.4, 0.5) is 0 Å². The van der Waals surface area contributed by atoms with Crippen LogP contribution in [0.15, 0.2) is 30.3 Å². The molecule has 28 heavy (non-hydrogen) atoms. The van der Waals surface area contributed by atoms with Gasteiger partial charge in [0.2, 0.25) is 11.8 Å². The van der Waals surface area contributed by atoms with E-state index in [1.54, 1.807) is 0 Å². The third-order valence-electron chi connectivity index (χ3n) is 6.06. The van der Waals surface area contributed by atoms with E-state index in [1.807, 2.05) is 35.2 Å². The Hall–Kier alpha value is -1.92. The van der Waals surface area contributed by atoms with Gasteiger partial charge in [-0.25, -0.2) is 0 Å². The molecular weight excluding hydrogens is 352 g/mol. The second-order valence-corrected chi connectivity index (χ2v) is 8.21. The Bertz CT molecular complexity index is 623. The van der Waals surface area contributed by atoms with E-state index in [1.165, 1.54) is 12.8 Å². The summed E-state index contributed by atoms with van der Waals surface area (Å²) in [5, 5.41) is 6.42. The van der Waals surface area contributed by atoms with Crippen molar-refractivity contribution in [1.82, 2.24) is 20.4 Å². The molecule has 2 amide bonds. The molecule has 0 bridgehead atoms. The van der Waals surface area contributed by atoms with Crippen LogP contribution in [0.2, 0.25) is 0 Å². The van der Waals surface area contributed by atoms with Crippen molar-refractivity contribution < 1.29 is 9.59 Å². The Labute approximate surface area is 168 Å². The second-order valence-electron chi connectivity index (χ2n) is 8.21. The number of piperidine rings is 1. The zero-order valence-corrected chi connectivity index (χ0v) is 17.0. The van der Waals surface area contributed by atoms with Gasteiger partial charge in [-0.2, -0.15) is 0 Å². The van der Waals surface area contributed by atoms with Gasteiger partial charge in [0.25, 0.3) is 0 Å². The number of amides is 2. The number of rotatable bonds is 7. The summed E-state index contributed by atoms with van der Waals surface area (Å²) in [6, 6.07) is 9.94. The van der Waals surface area contributed by atoms with E-state index in [2.05, 4.69) is 22.5 Å². The van der Waals surface area contributed by atoms with Crippen molar-refractivity contribution in [1.29, 1.82) is 0 Å². The molecule has 0 aromatic heterocycles. The molecule has 0 spiro atoms. The van der Waals surface area contributed by atoms with Crippen molar-refractivity contribution in [3.63, 3.8) is 0 Å². The fourth-order valence-corrected chi connectivity index (χ4v) is 4.15. The number of benzene rings is 1. The first-order chi connectivity index (χ1) is 13.6. The van der Waals surface area contributed by atoms with E-state index >= 15 is 0 Å². The van der Waals surface area contributed by atoms with Crippen LogP contribution in [-0.2, 0) is 16.1 Å². The largest absolute Gasteiger partial charge is 0.351 e. The van der Waals surface area contributed by atoms with Gasteiger partial charge in [-0.15, -0.1) is 0 Å². The summed E-state index contributed by atoms with van der Waals surface area (Å²) < 4.78 is 0. The Morgan fingerprint density at radius 1 is 1.18 bits per heavy atom. The zero-order valence-electron chi connectivity index (χ0n) is 17.0. The molecule has 1 aromatic rings. The molecule has 2 atom stereocenters. The normalized spacial score (nSPS) is 21.9. The molecule has 6 nitrogen and oxygen atoms in total. The van der Waals surface area contributed by atoms with Crippen molar-refractivity contribution in [3.8, 4) is 0 Å². The highest BCUT2D eigenvalue weighted by Crippen LogP contribution is 2.23. The molecule has 154 valence electrons. The second kappa shape index (κ2) is 10.6. The van der Waals surface area contributed by atoms with E-state index in [9.17, 15) is 9.59 Å². The van der Waals surface area contributed by atoms with Crippen LogP contribution in [0.25, 0.3) is 0 Å². The average Bonchev–Trinajstić information content (AvgIpc) is 2.74. The summed E-state index contributed by atoms with van der Waals surface area (Å²) in [6.07, 6.45) is 3.09. The minimum atomic E-state index is 0.0436. The van der Waals surface area contributed by atoms with Crippen LogP contribution >= 0.6 is 0 Å². The van der Waals surface area contributed by atoms with E-state index in [-0.39, 0.29) is 11.8 Å². The molecule has 1 aromatic carbocycles. The van der Waals surface area contributed by atoms with Crippen LogP contribution in [0.1, 0.15) is 31.7 Å². The number of hydrogen-bond donors (Lipinski definition) is 2. The summed E-state index contributed by atoms with van der Waals surface area (Å²) in [7, 11) is 0. The average molecular weight is 387 g/mol. The highest BCUT2D eigenvalue weighted by molar-refractivity contribution is 5.78. The first-order valence-corrected chi connectivity index (χ1v) is 10.6. The molecule has 6 heteroatoms. The van der Waals surface area contributed by atoms with Gasteiger partial charge in [0.15, 0.2) is 0 Å². The minimum Gasteiger partial charge on any atom is -0.351 e. The van der Waals surface area contributed by atoms with E-state index in [0.29, 0.717) is 31.3 Å². The van der Waals surface area contributed by atoms with Crippen molar-refractivity contribution in [2.24, 2.45) is 11.8 Å². The lowest BCUT2D eigenvalue weighted by Gasteiger charge is -2.36. The van der Waals surface area contributed by atoms with Gasteiger partial charge < -0.3 is 15.5 Å². The van der Waals surface area contributed by atoms with E-state index in [4.69, 9.17) is 0 Å². The van der Waals surface area contributed by atoms with Crippen molar-refractivity contribution >= 4 is 11.8 Å². The maximum Gasteiger partial charge on any atom is 0.234 e. The summed E-state index contributed by atoms with van der Waals surface area (Å²) in [6.45, 7) is 8.31. The molecule has 0 aliphatic carbocycles. The smallest absolute Gasteiger partial charge is 0.234 e. The van der Waals surface area contributed by atoms with Crippen LogP contribution in [0.5, 0.6) is 0 Å². The minimum absolute atomic E-state index is 0.0436. The van der Waals surface area contributed by atoms with Crippen LogP contribution < -0.4 is 10.6 Å². The Balaban J connectivity index is 1.34. The molecule has 2 aliphatic rings. The summed E-state index contributed by atoms with van der Waals surface area (Å²) in [5.41, 5.74) is 1.11. The topological polar surface area (TPSA) is 64.7 Å². The van der Waals surface area contributed by atoms with Crippen LogP contribution in [0.3, 0.4) is 0 Å². The fraction of sp³-hybridized carbons (Fsp3) is 0.636. The van der Waals surface area contributed by atoms with Gasteiger partial charge in [0.1, 0.15) is 0 Å². The molecule has 2 aliphatic heterocycles. The lowest BCUT2D eigenvalue weighted by Crippen LogP contribution is -2.51. The van der Waals surface area contributed by atoms with E-state index in [0.717, 1.165) is 44.8 Å². The zero-order chi connectivity index (χ0) is 19.8. The number of carbonyl (C=O) groups is 2. The molecular formula is C22H34N4O2. The summed E-state index contributed by atoms with van der Waals surface area (Å²) >= 11 is 0. The quantitative estimate of drug-likeness (QED) is 0.745. The molecule has 2 saturated heterocycles. The highest BCUT2D eigenvalue weighted by atomic mass is 16.2. The number of carbonyl (C=O) groups excluding carboxylic acids is 2. The molecule has 2 unspecified atom stereocenters. The Morgan fingerprint density at radius 3 is 2.61 bits per heavy atom. The lowest BCUT2D eigenvalue weighted by atomic mass is 9.85. The SMILES string of the molecule is CC(CC(=O)N1CCN(CC(=O)NCc2ccccc2)CC1)C1CCCNC1. The Morgan fingerprint density at radius 2 is 1.93 bits per heavy atom. The Kier molecular flexibility index (Phi) is 7.86. The maximum atomic E-state index is 12.6. The lowest BCUT2D eigenvalue weighted by molar-refractivity contribution is -0.134. The van der Waals surface area contributed by atoms with Gasteiger partial charge in [-0.1, -0.05) is 37.3 Å². The van der Waals surface area contributed by atoms with Gasteiger partial charge >= 0.3 is 0 Å². The highest BCUT2D eigenvalue weighted by Gasteiger charge is 2.26. The van der Waals surface area contributed by atoms with Gasteiger partial charge in [0.05, 0.1) is 6.54 Å². The molecule has 2 fully saturated rings. The number of piperazine rings is 1. The third kappa shape index (κ3) is 6.31. The predicted octanol–water partition coefficient (Wildman–Crippen LogP) is 1.47. The van der Waals surface area contributed by atoms with Crippen LogP contribution in [-0.4, -0.2) is 67.4 Å². The fourth-order valence-electron chi connectivity index (χ4n) is 4.15. The van der Waals surface area contributed by atoms with Crippen LogP contribution in [0, 0.1) is 11.8 Å². The number of nitrogens with zero attached hydrogens (tertiary/aromatic N) is 2. The summed E-state index contributed by atoms with van der Waals surface area (Å²) in [5.74, 6) is 1.36. The standard InChI is InChI=1S/C22H34N4O2/c1-18(20-8-5-9-23-16-20)14-22(28)26-12-10-25(11-13-26)17-21(27)24-15-19-6-3-2-4-7-19/h2-4,6-7,18,20,23H,5,8-17H2,1H3,(H,24,27). The van der Waals surface area contributed by atoms with Crippen molar-refractivity contribution in [2.45, 2.75) is 32.7 Å². The first-order valence-electron chi connectivity index (χ1n) is 10.6. The molecule has 3 rings (SSSR count). The van der Waals surface area contributed by atoms with Gasteiger partial charge in [-0.3, -0.25) is 14.5 Å². The molecule has 2 N–H and O–H groups in total. The maximum absolute atomic E-state index is 12.6. The van der Waals surface area contributed by atoms with Gasteiger partial charge in [0, 0.05) is 39.1 Å². The molecule has 0 saturated carbocycles. The summed E-state index contributed by atoms with van der Waals surface area (Å²) in [4.78, 5) is 28.9. The third-order valence-corrected chi connectivity index (χ3v) is 6.06. The predicted molar refractivity (Wildman–Crippen MR) is 111 cm³/mol. The monoisotopic (exact) mass is 386 g/mol. The number of hydrogen-bond acceptors (Lipinski definition) is 4. The molecule has 2 heterocycles. The van der Waals surface area contributed by atoms with Crippen molar-refractivity contribution in [2.75, 3.05) is 45.8 Å².